The summed E-state index contributed by atoms with van der Waals surface area (Å²) in [5, 5.41) is 8.07. The van der Waals surface area contributed by atoms with Gasteiger partial charge in [0.15, 0.2) is 0 Å². The number of unbranched alkanes of at least 4 members (excludes halogenated alkanes) is 12. The topological polar surface area (TPSA) is 82.9 Å². The SMILES string of the molecule is C=CCCCCCCCCC(=O)NN=Cc1ccc(C=NNC(=O)CCCCCCCCC=C)cc1. The number of nitrogens with zero attached hydrogens (tertiary/aromatic N) is 2. The van der Waals surface area contributed by atoms with Crippen LogP contribution in [-0.4, -0.2) is 24.2 Å². The second-order valence-electron chi connectivity index (χ2n) is 9.15. The number of allylic oxidation sites excluding steroid dienone is 2. The Morgan fingerprint density at radius 1 is 0.583 bits per heavy atom. The van der Waals surface area contributed by atoms with Crippen molar-refractivity contribution in [2.24, 2.45) is 10.2 Å². The first-order valence-corrected chi connectivity index (χ1v) is 13.6. The zero-order chi connectivity index (χ0) is 26.1. The lowest BCUT2D eigenvalue weighted by molar-refractivity contribution is -0.122. The normalized spacial score (nSPS) is 11.1. The molecule has 0 heterocycles. The smallest absolute Gasteiger partial charge is 0.240 e. The van der Waals surface area contributed by atoms with Gasteiger partial charge in [0.05, 0.1) is 12.4 Å². The minimum atomic E-state index is -0.0547. The molecular weight excluding hydrogens is 448 g/mol. The molecule has 1 aromatic rings. The van der Waals surface area contributed by atoms with Crippen LogP contribution in [0.4, 0.5) is 0 Å². The second kappa shape index (κ2) is 22.4. The summed E-state index contributed by atoms with van der Waals surface area (Å²) in [6, 6.07) is 7.56. The number of nitrogens with one attached hydrogen (secondary N) is 2. The Bertz CT molecular complexity index is 733. The van der Waals surface area contributed by atoms with Crippen LogP contribution in [0.15, 0.2) is 59.8 Å². The van der Waals surface area contributed by atoms with Gasteiger partial charge in [0.1, 0.15) is 0 Å². The van der Waals surface area contributed by atoms with Crippen molar-refractivity contribution in [3.8, 4) is 0 Å². The van der Waals surface area contributed by atoms with Gasteiger partial charge in [-0.25, -0.2) is 10.9 Å². The van der Waals surface area contributed by atoms with Crippen LogP contribution in [0.25, 0.3) is 0 Å². The van der Waals surface area contributed by atoms with Gasteiger partial charge in [0.25, 0.3) is 0 Å². The maximum atomic E-state index is 11.9. The molecule has 2 N–H and O–H groups in total. The fraction of sp³-hybridized carbons (Fsp3) is 0.533. The van der Waals surface area contributed by atoms with Crippen molar-refractivity contribution in [1.29, 1.82) is 0 Å². The van der Waals surface area contributed by atoms with Gasteiger partial charge < -0.3 is 0 Å². The summed E-state index contributed by atoms with van der Waals surface area (Å²) in [7, 11) is 0. The average molecular weight is 495 g/mol. The molecule has 36 heavy (non-hydrogen) atoms. The number of carbonyl (C=O) groups excluding carboxylic acids is 2. The van der Waals surface area contributed by atoms with Gasteiger partial charge >= 0.3 is 0 Å². The van der Waals surface area contributed by atoms with Crippen molar-refractivity contribution in [3.63, 3.8) is 0 Å². The van der Waals surface area contributed by atoms with Gasteiger partial charge in [0, 0.05) is 12.8 Å². The fourth-order valence-electron chi connectivity index (χ4n) is 3.70. The first kappa shape index (κ1) is 31.0. The highest BCUT2D eigenvalue weighted by Crippen LogP contribution is 2.09. The highest BCUT2D eigenvalue weighted by molar-refractivity contribution is 5.86. The molecule has 0 atom stereocenters. The maximum absolute atomic E-state index is 11.9. The van der Waals surface area contributed by atoms with E-state index < -0.39 is 0 Å². The summed E-state index contributed by atoms with van der Waals surface area (Å²) in [4.78, 5) is 23.8. The van der Waals surface area contributed by atoms with Gasteiger partial charge in [-0.15, -0.1) is 13.2 Å². The number of carbonyl (C=O) groups is 2. The zero-order valence-electron chi connectivity index (χ0n) is 22.1. The van der Waals surface area contributed by atoms with Crippen LogP contribution in [0.1, 0.15) is 114 Å². The van der Waals surface area contributed by atoms with Crippen molar-refractivity contribution in [1.82, 2.24) is 10.9 Å². The summed E-state index contributed by atoms with van der Waals surface area (Å²) in [6.07, 6.45) is 24.0. The molecule has 0 aliphatic carbocycles. The highest BCUT2D eigenvalue weighted by atomic mass is 16.2. The van der Waals surface area contributed by atoms with Gasteiger partial charge in [-0.1, -0.05) is 87.8 Å². The summed E-state index contributed by atoms with van der Waals surface area (Å²) < 4.78 is 0. The van der Waals surface area contributed by atoms with E-state index in [1.165, 1.54) is 51.4 Å². The first-order valence-electron chi connectivity index (χ1n) is 13.6. The number of hydrogen-bond acceptors (Lipinski definition) is 4. The molecule has 0 saturated heterocycles. The summed E-state index contributed by atoms with van der Waals surface area (Å²) >= 11 is 0. The van der Waals surface area contributed by atoms with Crippen molar-refractivity contribution in [3.05, 3.63) is 60.7 Å². The molecule has 1 rings (SSSR count). The Morgan fingerprint density at radius 2 is 0.917 bits per heavy atom. The largest absolute Gasteiger partial charge is 0.273 e. The molecule has 6 nitrogen and oxygen atoms in total. The van der Waals surface area contributed by atoms with Crippen molar-refractivity contribution < 1.29 is 9.59 Å². The molecule has 0 aliphatic rings. The molecule has 0 aliphatic heterocycles. The lowest BCUT2D eigenvalue weighted by atomic mass is 10.1. The minimum absolute atomic E-state index is 0.0547. The van der Waals surface area contributed by atoms with Gasteiger partial charge in [-0.2, -0.15) is 10.2 Å². The molecule has 6 heteroatoms. The van der Waals surface area contributed by atoms with Crippen molar-refractivity contribution >= 4 is 24.2 Å². The summed E-state index contributed by atoms with van der Waals surface area (Å²) in [5.74, 6) is -0.109. The van der Waals surface area contributed by atoms with Crippen LogP contribution in [0, 0.1) is 0 Å². The van der Waals surface area contributed by atoms with Gasteiger partial charge in [0.2, 0.25) is 11.8 Å². The minimum Gasteiger partial charge on any atom is -0.273 e. The fourth-order valence-corrected chi connectivity index (χ4v) is 3.70. The highest BCUT2D eigenvalue weighted by Gasteiger charge is 2.01. The number of hydrazone groups is 2. The number of hydrogen-bond donors (Lipinski definition) is 2. The van der Waals surface area contributed by atoms with E-state index in [9.17, 15) is 9.59 Å². The van der Waals surface area contributed by atoms with Crippen molar-refractivity contribution in [2.75, 3.05) is 0 Å². The monoisotopic (exact) mass is 494 g/mol. The van der Waals surface area contributed by atoms with Gasteiger partial charge in [-0.05, 0) is 49.7 Å². The van der Waals surface area contributed by atoms with Crippen LogP contribution in [0.2, 0.25) is 0 Å². The molecule has 0 radical (unpaired) electrons. The third kappa shape index (κ3) is 18.3. The lowest BCUT2D eigenvalue weighted by Gasteiger charge is -2.02. The van der Waals surface area contributed by atoms with E-state index in [0.29, 0.717) is 12.8 Å². The summed E-state index contributed by atoms with van der Waals surface area (Å²) in [5.41, 5.74) is 6.93. The molecule has 0 spiro atoms. The molecule has 198 valence electrons. The van der Waals surface area contributed by atoms with Crippen molar-refractivity contribution in [2.45, 2.75) is 103 Å². The quantitative estimate of drug-likeness (QED) is 0.0773. The first-order chi connectivity index (χ1) is 17.7. The number of benzene rings is 1. The third-order valence-corrected chi connectivity index (χ3v) is 5.87. The predicted octanol–water partition coefficient (Wildman–Crippen LogP) is 7.20. The van der Waals surface area contributed by atoms with E-state index in [0.717, 1.165) is 49.7 Å². The maximum Gasteiger partial charge on any atom is 0.240 e. The molecular formula is C30H46N4O2. The molecule has 0 saturated carbocycles. The Hall–Kier alpha value is -3.02. The average Bonchev–Trinajstić information content (AvgIpc) is 2.88. The van der Waals surface area contributed by atoms with Crippen LogP contribution in [0.5, 0.6) is 0 Å². The standard InChI is InChI=1S/C30H46N4O2/c1-3-5-7-9-11-13-15-17-19-29(35)33-31-25-27-21-23-28(24-22-27)26-32-34-30(36)20-18-16-14-12-10-8-6-4-2/h3-4,21-26H,1-2,5-20H2,(H,33,35)(H,34,36). The lowest BCUT2D eigenvalue weighted by Crippen LogP contribution is -2.17. The Balaban J connectivity index is 2.13. The van der Waals surface area contributed by atoms with E-state index in [-0.39, 0.29) is 11.8 Å². The van der Waals surface area contributed by atoms with Gasteiger partial charge in [-0.3, -0.25) is 9.59 Å². The Kier molecular flexibility index (Phi) is 19.3. The van der Waals surface area contributed by atoms with Crippen LogP contribution in [-0.2, 0) is 9.59 Å². The second-order valence-corrected chi connectivity index (χ2v) is 9.15. The number of amides is 2. The van der Waals surface area contributed by atoms with E-state index in [1.54, 1.807) is 12.4 Å². The molecule has 0 fully saturated rings. The Morgan fingerprint density at radius 3 is 1.28 bits per heavy atom. The van der Waals surface area contributed by atoms with E-state index >= 15 is 0 Å². The molecule has 1 aromatic carbocycles. The van der Waals surface area contributed by atoms with E-state index in [1.807, 2.05) is 36.4 Å². The summed E-state index contributed by atoms with van der Waals surface area (Å²) in [6.45, 7) is 7.47. The molecule has 0 unspecified atom stereocenters. The van der Waals surface area contributed by atoms with Crippen LogP contribution < -0.4 is 10.9 Å². The predicted molar refractivity (Wildman–Crippen MR) is 152 cm³/mol. The van der Waals surface area contributed by atoms with Crippen LogP contribution in [0.3, 0.4) is 0 Å². The van der Waals surface area contributed by atoms with Crippen LogP contribution >= 0.6 is 0 Å². The molecule has 0 aromatic heterocycles. The van der Waals surface area contributed by atoms with E-state index in [4.69, 9.17) is 0 Å². The third-order valence-electron chi connectivity index (χ3n) is 5.87. The molecule has 2 amide bonds. The Labute approximate surface area is 218 Å². The zero-order valence-corrected chi connectivity index (χ0v) is 22.1. The molecule has 0 bridgehead atoms. The van der Waals surface area contributed by atoms with E-state index in [2.05, 4.69) is 34.2 Å². The number of rotatable bonds is 22.